The van der Waals surface area contributed by atoms with Gasteiger partial charge in [-0.15, -0.1) is 6.58 Å². The molecule has 3 rings (SSSR count). The van der Waals surface area contributed by atoms with Crippen LogP contribution in [0.3, 0.4) is 0 Å². The Morgan fingerprint density at radius 3 is 3.05 bits per heavy atom. The van der Waals surface area contributed by atoms with Gasteiger partial charge in [0.15, 0.2) is 0 Å². The maximum Gasteiger partial charge on any atom is 0.251 e. The molecule has 0 bridgehead atoms. The van der Waals surface area contributed by atoms with Crippen molar-refractivity contribution < 1.29 is 4.79 Å². The Balaban J connectivity index is 2.00. The average Bonchev–Trinajstić information content (AvgIpc) is 2.82. The molecule has 0 atom stereocenters. The summed E-state index contributed by atoms with van der Waals surface area (Å²) in [6, 6.07) is 5.90. The van der Waals surface area contributed by atoms with Crippen molar-refractivity contribution in [2.45, 2.75) is 25.7 Å². The molecule has 1 heterocycles. The highest BCUT2D eigenvalue weighted by atomic mass is 16.1. The topological polar surface area (TPSA) is 44.9 Å². The third kappa shape index (κ3) is 2.16. The van der Waals surface area contributed by atoms with E-state index in [9.17, 15) is 4.79 Å². The lowest BCUT2D eigenvalue weighted by Gasteiger charge is -2.10. The van der Waals surface area contributed by atoms with Crippen LogP contribution < -0.4 is 5.32 Å². The second kappa shape index (κ2) is 4.92. The Morgan fingerprint density at radius 1 is 1.37 bits per heavy atom. The number of benzene rings is 1. The number of carbonyl (C=O) groups is 1. The van der Waals surface area contributed by atoms with Crippen molar-refractivity contribution in [2.75, 3.05) is 6.54 Å². The second-order valence-electron chi connectivity index (χ2n) is 5.05. The molecule has 1 aromatic carbocycles. The van der Waals surface area contributed by atoms with Crippen LogP contribution in [0.25, 0.3) is 10.9 Å². The lowest BCUT2D eigenvalue weighted by molar-refractivity contribution is 0.0958. The number of nitrogens with one attached hydrogen (secondary N) is 2. The van der Waals surface area contributed by atoms with Crippen molar-refractivity contribution in [3.05, 3.63) is 47.7 Å². The van der Waals surface area contributed by atoms with E-state index in [0.29, 0.717) is 6.54 Å². The van der Waals surface area contributed by atoms with E-state index in [0.717, 1.165) is 23.9 Å². The van der Waals surface area contributed by atoms with Crippen LogP contribution in [0.4, 0.5) is 0 Å². The zero-order chi connectivity index (χ0) is 13.2. The molecule has 3 nitrogen and oxygen atoms in total. The first-order valence-corrected chi connectivity index (χ1v) is 6.82. The molecule has 0 fully saturated rings. The predicted molar refractivity (Wildman–Crippen MR) is 77.5 cm³/mol. The molecular weight excluding hydrogens is 236 g/mol. The van der Waals surface area contributed by atoms with Crippen molar-refractivity contribution in [3.63, 3.8) is 0 Å². The standard InChI is InChI=1S/C16H18N2O/c1-2-9-17-16(19)11-7-8-15-13(10-11)12-5-3-4-6-14(12)18-15/h2,7-8,10,18H,1,3-6,9H2,(H,17,19). The van der Waals surface area contributed by atoms with E-state index in [4.69, 9.17) is 0 Å². The van der Waals surface area contributed by atoms with Crippen molar-refractivity contribution in [1.29, 1.82) is 0 Å². The molecule has 0 radical (unpaired) electrons. The predicted octanol–water partition coefficient (Wildman–Crippen LogP) is 2.96. The molecule has 3 heteroatoms. The third-order valence-electron chi connectivity index (χ3n) is 3.77. The van der Waals surface area contributed by atoms with Crippen LogP contribution in [0, 0.1) is 0 Å². The Morgan fingerprint density at radius 2 is 2.21 bits per heavy atom. The Kier molecular flexibility index (Phi) is 3.11. The number of aromatic amines is 1. The van der Waals surface area contributed by atoms with E-state index in [-0.39, 0.29) is 5.91 Å². The smallest absolute Gasteiger partial charge is 0.251 e. The highest BCUT2D eigenvalue weighted by Crippen LogP contribution is 2.29. The summed E-state index contributed by atoms with van der Waals surface area (Å²) in [7, 11) is 0. The van der Waals surface area contributed by atoms with Crippen LogP contribution in [0.1, 0.15) is 34.5 Å². The van der Waals surface area contributed by atoms with Gasteiger partial charge < -0.3 is 10.3 Å². The summed E-state index contributed by atoms with van der Waals surface area (Å²) in [6.45, 7) is 4.11. The van der Waals surface area contributed by atoms with Gasteiger partial charge in [0.1, 0.15) is 0 Å². The van der Waals surface area contributed by atoms with E-state index in [1.165, 1.54) is 29.5 Å². The highest BCUT2D eigenvalue weighted by molar-refractivity contribution is 5.99. The van der Waals surface area contributed by atoms with Gasteiger partial charge in [-0.1, -0.05) is 6.08 Å². The number of hydrogen-bond acceptors (Lipinski definition) is 1. The lowest BCUT2D eigenvalue weighted by Crippen LogP contribution is -2.23. The first kappa shape index (κ1) is 12.0. The minimum absolute atomic E-state index is 0.0347. The zero-order valence-corrected chi connectivity index (χ0v) is 11.0. The highest BCUT2D eigenvalue weighted by Gasteiger charge is 2.16. The number of hydrogen-bond donors (Lipinski definition) is 2. The first-order valence-electron chi connectivity index (χ1n) is 6.82. The summed E-state index contributed by atoms with van der Waals surface area (Å²) in [4.78, 5) is 15.4. The molecule has 1 aromatic heterocycles. The van der Waals surface area contributed by atoms with E-state index < -0.39 is 0 Å². The van der Waals surface area contributed by atoms with Crippen molar-refractivity contribution in [1.82, 2.24) is 10.3 Å². The third-order valence-corrected chi connectivity index (χ3v) is 3.77. The van der Waals surface area contributed by atoms with E-state index in [1.807, 2.05) is 18.2 Å². The minimum atomic E-state index is -0.0347. The lowest BCUT2D eigenvalue weighted by atomic mass is 9.95. The number of rotatable bonds is 3. The molecule has 2 N–H and O–H groups in total. The Hall–Kier alpha value is -2.03. The average molecular weight is 254 g/mol. The number of H-pyrrole nitrogens is 1. The molecule has 0 spiro atoms. The van der Waals surface area contributed by atoms with Crippen molar-refractivity contribution >= 4 is 16.8 Å². The molecule has 2 aromatic rings. The number of carbonyl (C=O) groups excluding carboxylic acids is 1. The summed E-state index contributed by atoms with van der Waals surface area (Å²) in [5.74, 6) is -0.0347. The van der Waals surface area contributed by atoms with Gasteiger partial charge >= 0.3 is 0 Å². The number of aromatic nitrogens is 1. The van der Waals surface area contributed by atoms with Gasteiger partial charge in [-0.25, -0.2) is 0 Å². The fourth-order valence-electron chi connectivity index (χ4n) is 2.81. The summed E-state index contributed by atoms with van der Waals surface area (Å²) in [5, 5.41) is 4.03. The molecule has 1 aliphatic rings. The van der Waals surface area contributed by atoms with Gasteiger partial charge in [0, 0.05) is 28.7 Å². The monoisotopic (exact) mass is 254 g/mol. The summed E-state index contributed by atoms with van der Waals surface area (Å²) < 4.78 is 0. The fraction of sp³-hybridized carbons (Fsp3) is 0.312. The molecule has 19 heavy (non-hydrogen) atoms. The van der Waals surface area contributed by atoms with Crippen molar-refractivity contribution in [2.24, 2.45) is 0 Å². The van der Waals surface area contributed by atoms with Gasteiger partial charge in [-0.05, 0) is 49.4 Å². The van der Waals surface area contributed by atoms with Crippen molar-refractivity contribution in [3.8, 4) is 0 Å². The molecule has 1 amide bonds. The molecule has 0 unspecified atom stereocenters. The number of fused-ring (bicyclic) bond motifs is 3. The minimum Gasteiger partial charge on any atom is -0.358 e. The molecule has 0 saturated carbocycles. The normalized spacial score (nSPS) is 14.1. The maximum atomic E-state index is 12.0. The molecule has 1 aliphatic carbocycles. The van der Waals surface area contributed by atoms with Gasteiger partial charge in [-0.2, -0.15) is 0 Å². The van der Waals surface area contributed by atoms with Crippen LogP contribution in [-0.4, -0.2) is 17.4 Å². The fourth-order valence-corrected chi connectivity index (χ4v) is 2.81. The summed E-state index contributed by atoms with van der Waals surface area (Å²) in [5.41, 5.74) is 4.62. The van der Waals surface area contributed by atoms with E-state index >= 15 is 0 Å². The maximum absolute atomic E-state index is 12.0. The van der Waals surface area contributed by atoms with E-state index in [1.54, 1.807) is 6.08 Å². The van der Waals surface area contributed by atoms with Gasteiger partial charge in [0.2, 0.25) is 0 Å². The molecular formula is C16H18N2O. The zero-order valence-electron chi connectivity index (χ0n) is 11.0. The van der Waals surface area contributed by atoms with Crippen LogP contribution in [-0.2, 0) is 12.8 Å². The first-order chi connectivity index (χ1) is 9.29. The van der Waals surface area contributed by atoms with Gasteiger partial charge in [0.05, 0.1) is 0 Å². The van der Waals surface area contributed by atoms with Crippen LogP contribution in [0.15, 0.2) is 30.9 Å². The summed E-state index contributed by atoms with van der Waals surface area (Å²) in [6.07, 6.45) is 6.43. The number of aryl methyl sites for hydroxylation is 2. The number of amides is 1. The SMILES string of the molecule is C=CCNC(=O)c1ccc2[nH]c3c(c2c1)CCCC3. The molecule has 98 valence electrons. The van der Waals surface area contributed by atoms with Crippen LogP contribution >= 0.6 is 0 Å². The largest absolute Gasteiger partial charge is 0.358 e. The molecule has 0 aliphatic heterocycles. The van der Waals surface area contributed by atoms with Crippen LogP contribution in [0.2, 0.25) is 0 Å². The second-order valence-corrected chi connectivity index (χ2v) is 5.05. The van der Waals surface area contributed by atoms with Gasteiger partial charge in [0.25, 0.3) is 5.91 Å². The van der Waals surface area contributed by atoms with Gasteiger partial charge in [-0.3, -0.25) is 4.79 Å². The quantitative estimate of drug-likeness (QED) is 0.813. The summed E-state index contributed by atoms with van der Waals surface area (Å²) >= 11 is 0. The molecule has 0 saturated heterocycles. The Labute approximate surface area is 112 Å². The van der Waals surface area contributed by atoms with E-state index in [2.05, 4.69) is 16.9 Å². The van der Waals surface area contributed by atoms with Crippen LogP contribution in [0.5, 0.6) is 0 Å². The Bertz CT molecular complexity index is 639.